The third kappa shape index (κ3) is 2.60. The van der Waals surface area contributed by atoms with Gasteiger partial charge in [0.2, 0.25) is 0 Å². The van der Waals surface area contributed by atoms with Gasteiger partial charge in [0, 0.05) is 19.2 Å². The Morgan fingerprint density at radius 3 is 2.81 bits per heavy atom. The first-order valence-electron chi connectivity index (χ1n) is 6.93. The molecule has 2 aromatic carbocycles. The molecule has 1 atom stereocenters. The van der Waals surface area contributed by atoms with Crippen molar-refractivity contribution in [1.82, 2.24) is 20.1 Å². The molecule has 0 aliphatic rings. The van der Waals surface area contributed by atoms with Crippen LogP contribution >= 0.6 is 0 Å². The van der Waals surface area contributed by atoms with Gasteiger partial charge in [-0.15, -0.1) is 10.2 Å². The number of phenols is 1. The molecule has 5 heteroatoms. The molecule has 0 saturated heterocycles. The predicted molar refractivity (Wildman–Crippen MR) is 81.9 cm³/mol. The zero-order chi connectivity index (χ0) is 14.8. The largest absolute Gasteiger partial charge is 0.508 e. The summed E-state index contributed by atoms with van der Waals surface area (Å²) in [7, 11) is 1.92. The van der Waals surface area contributed by atoms with E-state index in [1.54, 1.807) is 12.4 Å². The Balaban J connectivity index is 1.85. The van der Waals surface area contributed by atoms with Crippen LogP contribution in [-0.4, -0.2) is 19.9 Å². The fourth-order valence-electron chi connectivity index (χ4n) is 2.54. The normalized spacial score (nSPS) is 12.7. The van der Waals surface area contributed by atoms with Gasteiger partial charge in [-0.3, -0.25) is 0 Å². The second kappa shape index (κ2) is 5.54. The van der Waals surface area contributed by atoms with E-state index >= 15 is 0 Å². The highest BCUT2D eigenvalue weighted by Gasteiger charge is 2.13. The van der Waals surface area contributed by atoms with Crippen LogP contribution in [0.25, 0.3) is 10.8 Å². The van der Waals surface area contributed by atoms with E-state index in [-0.39, 0.29) is 6.04 Å². The van der Waals surface area contributed by atoms with Gasteiger partial charge < -0.3 is 15.0 Å². The molecule has 3 aromatic rings. The molecule has 1 unspecified atom stereocenters. The second-order valence-corrected chi connectivity index (χ2v) is 5.19. The number of benzene rings is 2. The Morgan fingerprint density at radius 1 is 1.24 bits per heavy atom. The first-order chi connectivity index (χ1) is 10.2. The SMILES string of the molecule is CC(NCc1c(O)ccc2ccccc12)c1nncn1C. The predicted octanol–water partition coefficient (Wildman–Crippen LogP) is 2.52. The topological polar surface area (TPSA) is 63.0 Å². The standard InChI is InChI=1S/C16H18N4O/c1-11(16-19-18-10-20(16)2)17-9-14-13-6-4-3-5-12(13)7-8-15(14)21/h3-8,10-11,17,21H,9H2,1-2H3. The van der Waals surface area contributed by atoms with Gasteiger partial charge in [0.15, 0.2) is 0 Å². The lowest BCUT2D eigenvalue weighted by Crippen LogP contribution is -2.21. The Bertz CT molecular complexity index is 766. The van der Waals surface area contributed by atoms with Crippen molar-refractivity contribution in [1.29, 1.82) is 0 Å². The van der Waals surface area contributed by atoms with E-state index in [2.05, 4.69) is 15.5 Å². The van der Waals surface area contributed by atoms with Crippen LogP contribution in [0.5, 0.6) is 5.75 Å². The molecule has 0 aliphatic heterocycles. The first kappa shape index (κ1) is 13.6. The summed E-state index contributed by atoms with van der Waals surface area (Å²) in [6.45, 7) is 2.60. The van der Waals surface area contributed by atoms with Crippen LogP contribution in [0.2, 0.25) is 0 Å². The molecule has 1 aromatic heterocycles. The summed E-state index contributed by atoms with van der Waals surface area (Å²) in [6.07, 6.45) is 1.68. The zero-order valence-electron chi connectivity index (χ0n) is 12.1. The molecular formula is C16H18N4O. The van der Waals surface area contributed by atoms with E-state index in [0.717, 1.165) is 22.2 Å². The van der Waals surface area contributed by atoms with E-state index in [1.807, 2.05) is 48.9 Å². The van der Waals surface area contributed by atoms with Crippen LogP contribution in [0.1, 0.15) is 24.4 Å². The van der Waals surface area contributed by atoms with Crippen LogP contribution < -0.4 is 5.32 Å². The van der Waals surface area contributed by atoms with Crippen molar-refractivity contribution >= 4 is 10.8 Å². The number of nitrogens with one attached hydrogen (secondary N) is 1. The highest BCUT2D eigenvalue weighted by molar-refractivity contribution is 5.87. The summed E-state index contributed by atoms with van der Waals surface area (Å²) in [5, 5.41) is 23.7. The van der Waals surface area contributed by atoms with Gasteiger partial charge in [-0.05, 0) is 23.8 Å². The van der Waals surface area contributed by atoms with E-state index in [4.69, 9.17) is 0 Å². The first-order valence-corrected chi connectivity index (χ1v) is 6.93. The smallest absolute Gasteiger partial charge is 0.149 e. The zero-order valence-corrected chi connectivity index (χ0v) is 12.1. The van der Waals surface area contributed by atoms with Gasteiger partial charge in [-0.25, -0.2) is 0 Å². The van der Waals surface area contributed by atoms with Gasteiger partial charge in [-0.1, -0.05) is 30.3 Å². The molecule has 0 amide bonds. The van der Waals surface area contributed by atoms with Crippen molar-refractivity contribution < 1.29 is 5.11 Å². The van der Waals surface area contributed by atoms with E-state index in [0.29, 0.717) is 12.3 Å². The molecule has 108 valence electrons. The molecule has 1 heterocycles. The van der Waals surface area contributed by atoms with Crippen molar-refractivity contribution in [2.24, 2.45) is 7.05 Å². The third-order valence-corrected chi connectivity index (χ3v) is 3.73. The van der Waals surface area contributed by atoms with Crippen molar-refractivity contribution in [3.63, 3.8) is 0 Å². The molecule has 0 aliphatic carbocycles. The maximum atomic E-state index is 10.1. The number of nitrogens with zero attached hydrogens (tertiary/aromatic N) is 3. The summed E-state index contributed by atoms with van der Waals surface area (Å²) in [6, 6.07) is 11.8. The van der Waals surface area contributed by atoms with E-state index in [1.165, 1.54) is 0 Å². The van der Waals surface area contributed by atoms with Crippen LogP contribution in [0.4, 0.5) is 0 Å². The van der Waals surface area contributed by atoms with Gasteiger partial charge >= 0.3 is 0 Å². The summed E-state index contributed by atoms with van der Waals surface area (Å²) >= 11 is 0. The number of rotatable bonds is 4. The number of aryl methyl sites for hydroxylation is 1. The van der Waals surface area contributed by atoms with Crippen LogP contribution in [0.15, 0.2) is 42.7 Å². The molecule has 0 bridgehead atoms. The van der Waals surface area contributed by atoms with Gasteiger partial charge in [0.25, 0.3) is 0 Å². The highest BCUT2D eigenvalue weighted by Crippen LogP contribution is 2.27. The van der Waals surface area contributed by atoms with Crippen molar-refractivity contribution in [2.75, 3.05) is 0 Å². The molecule has 0 spiro atoms. The molecule has 0 radical (unpaired) electrons. The van der Waals surface area contributed by atoms with Crippen molar-refractivity contribution in [2.45, 2.75) is 19.5 Å². The number of aromatic hydroxyl groups is 1. The Labute approximate surface area is 123 Å². The van der Waals surface area contributed by atoms with Crippen LogP contribution in [0.3, 0.4) is 0 Å². The number of hydrogen-bond acceptors (Lipinski definition) is 4. The maximum Gasteiger partial charge on any atom is 0.149 e. The van der Waals surface area contributed by atoms with Crippen LogP contribution in [-0.2, 0) is 13.6 Å². The van der Waals surface area contributed by atoms with E-state index in [9.17, 15) is 5.11 Å². The average Bonchev–Trinajstić information content (AvgIpc) is 2.92. The molecular weight excluding hydrogens is 264 g/mol. The van der Waals surface area contributed by atoms with Crippen molar-refractivity contribution in [3.8, 4) is 5.75 Å². The monoisotopic (exact) mass is 282 g/mol. The molecule has 0 fully saturated rings. The number of hydrogen-bond donors (Lipinski definition) is 2. The number of aromatic nitrogens is 3. The molecule has 0 saturated carbocycles. The second-order valence-electron chi connectivity index (χ2n) is 5.19. The summed E-state index contributed by atoms with van der Waals surface area (Å²) in [5.74, 6) is 1.18. The van der Waals surface area contributed by atoms with Crippen LogP contribution in [0, 0.1) is 0 Å². The minimum absolute atomic E-state index is 0.0517. The molecule has 2 N–H and O–H groups in total. The maximum absolute atomic E-state index is 10.1. The lowest BCUT2D eigenvalue weighted by Gasteiger charge is -2.15. The van der Waals surface area contributed by atoms with Crippen molar-refractivity contribution in [3.05, 3.63) is 54.1 Å². The Hall–Kier alpha value is -2.40. The van der Waals surface area contributed by atoms with Gasteiger partial charge in [-0.2, -0.15) is 0 Å². The number of fused-ring (bicyclic) bond motifs is 1. The molecule has 5 nitrogen and oxygen atoms in total. The van der Waals surface area contributed by atoms with Gasteiger partial charge in [0.1, 0.15) is 17.9 Å². The molecule has 21 heavy (non-hydrogen) atoms. The minimum atomic E-state index is 0.0517. The molecule has 3 rings (SSSR count). The average molecular weight is 282 g/mol. The Kier molecular flexibility index (Phi) is 3.58. The summed E-state index contributed by atoms with van der Waals surface area (Å²) < 4.78 is 1.89. The number of phenolic OH excluding ortho intramolecular Hbond substituents is 1. The fraction of sp³-hybridized carbons (Fsp3) is 0.250. The lowest BCUT2D eigenvalue weighted by atomic mass is 10.0. The highest BCUT2D eigenvalue weighted by atomic mass is 16.3. The quantitative estimate of drug-likeness (QED) is 0.772. The summed E-state index contributed by atoms with van der Waals surface area (Å²) in [5.41, 5.74) is 0.905. The fourth-order valence-corrected chi connectivity index (χ4v) is 2.54. The lowest BCUT2D eigenvalue weighted by molar-refractivity contribution is 0.458. The third-order valence-electron chi connectivity index (χ3n) is 3.73. The Morgan fingerprint density at radius 2 is 2.05 bits per heavy atom. The minimum Gasteiger partial charge on any atom is -0.508 e. The summed E-state index contributed by atoms with van der Waals surface area (Å²) in [4.78, 5) is 0. The van der Waals surface area contributed by atoms with E-state index < -0.39 is 0 Å². The van der Waals surface area contributed by atoms with Gasteiger partial charge in [0.05, 0.1) is 6.04 Å².